The van der Waals surface area contributed by atoms with E-state index in [1.165, 1.54) is 24.3 Å². The van der Waals surface area contributed by atoms with Crippen molar-refractivity contribution < 1.29 is 14.0 Å². The number of amides is 2. The first-order chi connectivity index (χ1) is 11.4. The molecule has 1 aliphatic rings. The lowest BCUT2D eigenvalue weighted by atomic mass is 10.0. The number of halogens is 2. The fraction of sp³-hybridized carbons (Fsp3) is 0.556. The maximum Gasteiger partial charge on any atom is 0.251 e. The molecule has 2 N–H and O–H groups in total. The Kier molecular flexibility index (Phi) is 8.32. The molecular formula is C18H27ClFN3O2. The van der Waals surface area contributed by atoms with E-state index in [9.17, 15) is 14.0 Å². The number of carbonyl (C=O) groups excluding carboxylic acids is 2. The van der Waals surface area contributed by atoms with Crippen molar-refractivity contribution >= 4 is 24.2 Å². The molecule has 1 heterocycles. The minimum Gasteiger partial charge on any atom is -0.341 e. The van der Waals surface area contributed by atoms with Gasteiger partial charge in [-0.25, -0.2) is 4.39 Å². The van der Waals surface area contributed by atoms with E-state index in [1.807, 2.05) is 25.8 Å². The summed E-state index contributed by atoms with van der Waals surface area (Å²) in [5, 5.41) is 5.95. The Bertz CT molecular complexity index is 580. The van der Waals surface area contributed by atoms with Gasteiger partial charge in [-0.1, -0.05) is 13.8 Å². The van der Waals surface area contributed by atoms with Crippen LogP contribution >= 0.6 is 12.4 Å². The van der Waals surface area contributed by atoms with E-state index in [0.29, 0.717) is 11.5 Å². The second-order valence-electron chi connectivity index (χ2n) is 6.70. The quantitative estimate of drug-likeness (QED) is 0.804. The Morgan fingerprint density at radius 1 is 1.28 bits per heavy atom. The molecule has 0 aliphatic carbocycles. The van der Waals surface area contributed by atoms with Crippen LogP contribution in [0.15, 0.2) is 24.3 Å². The van der Waals surface area contributed by atoms with Crippen molar-refractivity contribution in [1.29, 1.82) is 0 Å². The zero-order valence-electron chi connectivity index (χ0n) is 14.9. The highest BCUT2D eigenvalue weighted by molar-refractivity contribution is 5.97. The minimum absolute atomic E-state index is 0. The fourth-order valence-electron chi connectivity index (χ4n) is 3.02. The Balaban J connectivity index is 0.00000312. The van der Waals surface area contributed by atoms with Crippen LogP contribution in [-0.4, -0.2) is 49.4 Å². The SMILES string of the molecule is CNCC1CCN(C(=O)C(NC(=O)c2ccc(F)cc2)C(C)C)C1.Cl. The van der Waals surface area contributed by atoms with Crippen molar-refractivity contribution in [2.45, 2.75) is 26.3 Å². The molecule has 1 saturated heterocycles. The molecule has 1 aromatic carbocycles. The van der Waals surface area contributed by atoms with Crippen LogP contribution in [0.5, 0.6) is 0 Å². The Morgan fingerprint density at radius 2 is 1.92 bits per heavy atom. The van der Waals surface area contributed by atoms with Crippen molar-refractivity contribution in [2.24, 2.45) is 11.8 Å². The highest BCUT2D eigenvalue weighted by Gasteiger charge is 2.33. The van der Waals surface area contributed by atoms with Gasteiger partial charge in [0.2, 0.25) is 5.91 Å². The lowest BCUT2D eigenvalue weighted by molar-refractivity contribution is -0.133. The van der Waals surface area contributed by atoms with Crippen LogP contribution in [0.1, 0.15) is 30.6 Å². The average Bonchev–Trinajstić information content (AvgIpc) is 3.01. The van der Waals surface area contributed by atoms with Crippen molar-refractivity contribution in [2.75, 3.05) is 26.7 Å². The summed E-state index contributed by atoms with van der Waals surface area (Å²) in [5.41, 5.74) is 0.351. The summed E-state index contributed by atoms with van der Waals surface area (Å²) >= 11 is 0. The summed E-state index contributed by atoms with van der Waals surface area (Å²) < 4.78 is 13.0. The number of benzene rings is 1. The lowest BCUT2D eigenvalue weighted by Crippen LogP contribution is -2.50. The Labute approximate surface area is 154 Å². The van der Waals surface area contributed by atoms with Crippen LogP contribution in [0.2, 0.25) is 0 Å². The Hall–Kier alpha value is -1.66. The molecule has 0 saturated carbocycles. The predicted octanol–water partition coefficient (Wildman–Crippen LogP) is 2.07. The van der Waals surface area contributed by atoms with E-state index < -0.39 is 11.9 Å². The normalized spacial score (nSPS) is 18.0. The minimum atomic E-state index is -0.573. The maximum absolute atomic E-state index is 13.0. The fourth-order valence-corrected chi connectivity index (χ4v) is 3.02. The zero-order valence-corrected chi connectivity index (χ0v) is 15.7. The second-order valence-corrected chi connectivity index (χ2v) is 6.70. The van der Waals surface area contributed by atoms with E-state index in [0.717, 1.165) is 26.1 Å². The van der Waals surface area contributed by atoms with Crippen LogP contribution < -0.4 is 10.6 Å². The van der Waals surface area contributed by atoms with Gasteiger partial charge in [-0.05, 0) is 56.1 Å². The molecular weight excluding hydrogens is 345 g/mol. The number of likely N-dealkylation sites (tertiary alicyclic amines) is 1. The monoisotopic (exact) mass is 371 g/mol. The summed E-state index contributed by atoms with van der Waals surface area (Å²) in [6, 6.07) is 4.75. The molecule has 2 unspecified atom stereocenters. The van der Waals surface area contributed by atoms with Crippen molar-refractivity contribution in [3.8, 4) is 0 Å². The zero-order chi connectivity index (χ0) is 17.7. The van der Waals surface area contributed by atoms with Crippen LogP contribution in [0.3, 0.4) is 0 Å². The first-order valence-electron chi connectivity index (χ1n) is 8.42. The number of carbonyl (C=O) groups is 2. The number of nitrogens with zero attached hydrogens (tertiary/aromatic N) is 1. The van der Waals surface area contributed by atoms with E-state index in [1.54, 1.807) is 0 Å². The summed E-state index contributed by atoms with van der Waals surface area (Å²) in [7, 11) is 1.91. The van der Waals surface area contributed by atoms with E-state index in [4.69, 9.17) is 0 Å². The van der Waals surface area contributed by atoms with E-state index in [-0.39, 0.29) is 30.1 Å². The van der Waals surface area contributed by atoms with Gasteiger partial charge in [0.1, 0.15) is 11.9 Å². The summed E-state index contributed by atoms with van der Waals surface area (Å²) in [4.78, 5) is 27.0. The molecule has 0 aromatic heterocycles. The van der Waals surface area contributed by atoms with Gasteiger partial charge in [0.15, 0.2) is 0 Å². The van der Waals surface area contributed by atoms with E-state index >= 15 is 0 Å². The second kappa shape index (κ2) is 9.73. The van der Waals surface area contributed by atoms with Gasteiger partial charge in [0.25, 0.3) is 5.91 Å². The lowest BCUT2D eigenvalue weighted by Gasteiger charge is -2.27. The van der Waals surface area contributed by atoms with E-state index in [2.05, 4.69) is 10.6 Å². The average molecular weight is 372 g/mol. The van der Waals surface area contributed by atoms with Crippen molar-refractivity contribution in [3.05, 3.63) is 35.6 Å². The molecule has 2 rings (SSSR count). The molecule has 1 aromatic rings. The van der Waals surface area contributed by atoms with Gasteiger partial charge in [0.05, 0.1) is 0 Å². The molecule has 0 spiro atoms. The number of hydrogen-bond donors (Lipinski definition) is 2. The number of nitrogens with one attached hydrogen (secondary N) is 2. The van der Waals surface area contributed by atoms with Gasteiger partial charge in [-0.3, -0.25) is 9.59 Å². The van der Waals surface area contributed by atoms with Gasteiger partial charge in [0, 0.05) is 18.7 Å². The molecule has 1 fully saturated rings. The highest BCUT2D eigenvalue weighted by Crippen LogP contribution is 2.18. The molecule has 1 aliphatic heterocycles. The molecule has 140 valence electrons. The highest BCUT2D eigenvalue weighted by atomic mass is 35.5. The number of rotatable bonds is 6. The van der Waals surface area contributed by atoms with Crippen LogP contribution in [-0.2, 0) is 4.79 Å². The summed E-state index contributed by atoms with van der Waals surface area (Å²) in [6.45, 7) is 6.15. The third-order valence-electron chi connectivity index (χ3n) is 4.42. The largest absolute Gasteiger partial charge is 0.341 e. The first-order valence-corrected chi connectivity index (χ1v) is 8.42. The summed E-state index contributed by atoms with van der Waals surface area (Å²) in [6.07, 6.45) is 0.975. The molecule has 7 heteroatoms. The first kappa shape index (κ1) is 21.4. The topological polar surface area (TPSA) is 61.4 Å². The third-order valence-corrected chi connectivity index (χ3v) is 4.42. The smallest absolute Gasteiger partial charge is 0.251 e. The van der Waals surface area contributed by atoms with Gasteiger partial charge in [-0.2, -0.15) is 0 Å². The third kappa shape index (κ3) is 5.68. The maximum atomic E-state index is 13.0. The molecule has 0 radical (unpaired) electrons. The van der Waals surface area contributed by atoms with Crippen molar-refractivity contribution in [1.82, 2.24) is 15.5 Å². The standard InChI is InChI=1S/C18H26FN3O2.ClH/c1-12(2)16(18(24)22-9-8-13(11-22)10-20-3)21-17(23)14-4-6-15(19)7-5-14;/h4-7,12-13,16,20H,8-11H2,1-3H3,(H,21,23);1H. The number of hydrogen-bond acceptors (Lipinski definition) is 3. The predicted molar refractivity (Wildman–Crippen MR) is 98.4 cm³/mol. The molecule has 0 bridgehead atoms. The van der Waals surface area contributed by atoms with Crippen LogP contribution in [0.25, 0.3) is 0 Å². The van der Waals surface area contributed by atoms with Gasteiger partial charge < -0.3 is 15.5 Å². The van der Waals surface area contributed by atoms with Crippen LogP contribution in [0, 0.1) is 17.7 Å². The Morgan fingerprint density at radius 3 is 2.48 bits per heavy atom. The van der Waals surface area contributed by atoms with Gasteiger partial charge in [-0.15, -0.1) is 12.4 Å². The molecule has 2 atom stereocenters. The van der Waals surface area contributed by atoms with Gasteiger partial charge >= 0.3 is 0 Å². The molecule has 2 amide bonds. The molecule has 5 nitrogen and oxygen atoms in total. The van der Waals surface area contributed by atoms with Crippen LogP contribution in [0.4, 0.5) is 4.39 Å². The van der Waals surface area contributed by atoms with Crippen molar-refractivity contribution in [3.63, 3.8) is 0 Å². The summed E-state index contributed by atoms with van der Waals surface area (Å²) in [5.74, 6) is -0.354. The molecule has 25 heavy (non-hydrogen) atoms.